The largest absolute Gasteiger partial charge is 0.433 e. The number of halogens is 3. The maximum atomic E-state index is 13.3. The highest BCUT2D eigenvalue weighted by Crippen LogP contribution is 2.39. The summed E-state index contributed by atoms with van der Waals surface area (Å²) in [5.74, 6) is 1.14. The van der Waals surface area contributed by atoms with E-state index in [9.17, 15) is 13.2 Å². The van der Waals surface area contributed by atoms with Crippen LogP contribution in [0.4, 0.5) is 13.2 Å². The minimum atomic E-state index is -4.48. The molecule has 3 aromatic rings. The molecule has 2 aromatic heterocycles. The van der Waals surface area contributed by atoms with Gasteiger partial charge in [0.2, 0.25) is 0 Å². The van der Waals surface area contributed by atoms with Crippen molar-refractivity contribution in [3.05, 3.63) is 47.7 Å². The number of hydrogen-bond donors (Lipinski definition) is 2. The molecule has 29 heavy (non-hydrogen) atoms. The predicted octanol–water partition coefficient (Wildman–Crippen LogP) is 4.24. The van der Waals surface area contributed by atoms with E-state index in [1.165, 1.54) is 6.07 Å². The van der Waals surface area contributed by atoms with Crippen molar-refractivity contribution in [2.24, 2.45) is 5.92 Å². The molecule has 8 heteroatoms. The molecule has 1 saturated carbocycles. The number of nitrogens with zero attached hydrogens (tertiary/aromatic N) is 3. The molecule has 1 aromatic carbocycles. The van der Waals surface area contributed by atoms with Gasteiger partial charge in [0.1, 0.15) is 17.0 Å². The van der Waals surface area contributed by atoms with Gasteiger partial charge in [0, 0.05) is 24.2 Å². The van der Waals surface area contributed by atoms with Crippen molar-refractivity contribution in [1.82, 2.24) is 25.4 Å². The van der Waals surface area contributed by atoms with Gasteiger partial charge in [-0.05, 0) is 44.2 Å². The molecule has 1 aliphatic carbocycles. The van der Waals surface area contributed by atoms with Crippen LogP contribution in [0.25, 0.3) is 22.6 Å². The fraction of sp³-hybridized carbons (Fsp3) is 0.429. The SMILES string of the molecule is Cc1ccc(-c2nc3ccc(C(F)(F)F)nc3n2C2CCC3NNCC3C2)cc1. The van der Waals surface area contributed by atoms with Gasteiger partial charge in [0.15, 0.2) is 5.65 Å². The van der Waals surface area contributed by atoms with Crippen LogP contribution >= 0.6 is 0 Å². The Morgan fingerprint density at radius 3 is 2.59 bits per heavy atom. The molecule has 5 rings (SSSR count). The summed E-state index contributed by atoms with van der Waals surface area (Å²) < 4.78 is 41.9. The number of imidazole rings is 1. The van der Waals surface area contributed by atoms with E-state index in [0.717, 1.165) is 43.0 Å². The third-order valence-electron chi connectivity index (χ3n) is 6.11. The van der Waals surface area contributed by atoms with Crippen LogP contribution in [0.15, 0.2) is 36.4 Å². The molecule has 2 fully saturated rings. The minimum absolute atomic E-state index is 0.0650. The van der Waals surface area contributed by atoms with Gasteiger partial charge < -0.3 is 4.57 Å². The van der Waals surface area contributed by atoms with Crippen LogP contribution in [0.5, 0.6) is 0 Å². The van der Waals surface area contributed by atoms with Crippen molar-refractivity contribution in [3.63, 3.8) is 0 Å². The number of pyridine rings is 1. The number of aryl methyl sites for hydroxylation is 1. The summed E-state index contributed by atoms with van der Waals surface area (Å²) in [6.07, 6.45) is -1.76. The Balaban J connectivity index is 1.67. The molecule has 5 nitrogen and oxygen atoms in total. The number of aromatic nitrogens is 3. The zero-order chi connectivity index (χ0) is 20.2. The number of benzene rings is 1. The van der Waals surface area contributed by atoms with E-state index in [1.807, 2.05) is 35.8 Å². The number of hydrazine groups is 1. The number of nitrogens with one attached hydrogen (secondary N) is 2. The molecule has 152 valence electrons. The Morgan fingerprint density at radius 1 is 1.03 bits per heavy atom. The normalized spacial score (nSPS) is 24.8. The number of hydrogen-bond acceptors (Lipinski definition) is 4. The maximum Gasteiger partial charge on any atom is 0.433 e. The third kappa shape index (κ3) is 3.30. The van der Waals surface area contributed by atoms with Crippen molar-refractivity contribution in [2.45, 2.75) is 44.4 Å². The summed E-state index contributed by atoms with van der Waals surface area (Å²) in [5, 5.41) is 0. The molecule has 0 spiro atoms. The van der Waals surface area contributed by atoms with Gasteiger partial charge in [0.25, 0.3) is 0 Å². The smallest absolute Gasteiger partial charge is 0.306 e. The predicted molar refractivity (Wildman–Crippen MR) is 104 cm³/mol. The first kappa shape index (κ1) is 18.6. The van der Waals surface area contributed by atoms with Gasteiger partial charge in [-0.3, -0.25) is 10.9 Å². The summed E-state index contributed by atoms with van der Waals surface area (Å²) in [5.41, 5.74) is 8.47. The average molecular weight is 401 g/mol. The van der Waals surface area contributed by atoms with Crippen molar-refractivity contribution in [2.75, 3.05) is 6.54 Å². The lowest BCUT2D eigenvalue weighted by Gasteiger charge is -2.32. The van der Waals surface area contributed by atoms with Gasteiger partial charge in [-0.15, -0.1) is 0 Å². The second kappa shape index (κ2) is 6.81. The standard InChI is InChI=1S/C21H22F3N5/c1-12-2-4-13(5-3-12)19-26-17-8-9-18(21(22,23)24)27-20(17)29(19)15-6-7-16-14(10-15)11-25-28-16/h2-5,8-9,14-16,25,28H,6-7,10-11H2,1H3. The molecule has 2 N–H and O–H groups in total. The number of rotatable bonds is 2. The van der Waals surface area contributed by atoms with E-state index in [0.29, 0.717) is 28.9 Å². The average Bonchev–Trinajstić information content (AvgIpc) is 3.31. The van der Waals surface area contributed by atoms with Crippen molar-refractivity contribution >= 4 is 11.2 Å². The number of alkyl halides is 3. The third-order valence-corrected chi connectivity index (χ3v) is 6.11. The minimum Gasteiger partial charge on any atom is -0.306 e. The van der Waals surface area contributed by atoms with Gasteiger partial charge in [-0.2, -0.15) is 13.2 Å². The summed E-state index contributed by atoms with van der Waals surface area (Å²) >= 11 is 0. The molecule has 0 amide bonds. The molecule has 3 unspecified atom stereocenters. The first-order chi connectivity index (χ1) is 13.9. The summed E-state index contributed by atoms with van der Waals surface area (Å²) in [6.45, 7) is 2.88. The Bertz CT molecular complexity index is 1040. The van der Waals surface area contributed by atoms with Gasteiger partial charge >= 0.3 is 6.18 Å². The molecule has 2 aliphatic rings. The highest BCUT2D eigenvalue weighted by atomic mass is 19.4. The van der Waals surface area contributed by atoms with Crippen molar-refractivity contribution in [1.29, 1.82) is 0 Å². The number of fused-ring (bicyclic) bond motifs is 2. The molecular formula is C21H22F3N5. The van der Waals surface area contributed by atoms with Gasteiger partial charge in [0.05, 0.1) is 0 Å². The summed E-state index contributed by atoms with van der Waals surface area (Å²) in [7, 11) is 0. The fourth-order valence-corrected chi connectivity index (χ4v) is 4.59. The second-order valence-corrected chi connectivity index (χ2v) is 8.07. The van der Waals surface area contributed by atoms with E-state index in [2.05, 4.69) is 15.8 Å². The maximum absolute atomic E-state index is 13.3. The topological polar surface area (TPSA) is 54.8 Å². The van der Waals surface area contributed by atoms with Crippen LogP contribution in [0, 0.1) is 12.8 Å². The van der Waals surface area contributed by atoms with Crippen LogP contribution in [-0.2, 0) is 6.18 Å². The van der Waals surface area contributed by atoms with Crippen LogP contribution in [-0.4, -0.2) is 27.1 Å². The Labute approximate surface area is 166 Å². The molecule has 3 heterocycles. The quantitative estimate of drug-likeness (QED) is 0.674. The van der Waals surface area contributed by atoms with Crippen LogP contribution in [0.1, 0.15) is 36.6 Å². The molecule has 3 atom stereocenters. The summed E-state index contributed by atoms with van der Waals surface area (Å²) in [6, 6.07) is 10.9. The molecule has 0 radical (unpaired) electrons. The van der Waals surface area contributed by atoms with Crippen molar-refractivity contribution in [3.8, 4) is 11.4 Å². The van der Waals surface area contributed by atoms with Gasteiger partial charge in [-0.25, -0.2) is 9.97 Å². The van der Waals surface area contributed by atoms with E-state index >= 15 is 0 Å². The molecule has 1 saturated heterocycles. The van der Waals surface area contributed by atoms with Gasteiger partial charge in [-0.1, -0.05) is 29.8 Å². The first-order valence-electron chi connectivity index (χ1n) is 9.92. The molecule has 0 bridgehead atoms. The monoisotopic (exact) mass is 401 g/mol. The van der Waals surface area contributed by atoms with Crippen LogP contribution in [0.2, 0.25) is 0 Å². The van der Waals surface area contributed by atoms with E-state index < -0.39 is 11.9 Å². The Morgan fingerprint density at radius 2 is 1.83 bits per heavy atom. The van der Waals surface area contributed by atoms with E-state index in [-0.39, 0.29) is 6.04 Å². The lowest BCUT2D eigenvalue weighted by Crippen LogP contribution is -2.36. The first-order valence-corrected chi connectivity index (χ1v) is 9.92. The summed E-state index contributed by atoms with van der Waals surface area (Å²) in [4.78, 5) is 8.71. The van der Waals surface area contributed by atoms with E-state index in [4.69, 9.17) is 4.98 Å². The highest BCUT2D eigenvalue weighted by molar-refractivity contribution is 5.78. The Kier molecular flexibility index (Phi) is 4.36. The van der Waals surface area contributed by atoms with Crippen LogP contribution < -0.4 is 10.9 Å². The van der Waals surface area contributed by atoms with Crippen molar-refractivity contribution < 1.29 is 13.2 Å². The Hall–Kier alpha value is -2.45. The zero-order valence-electron chi connectivity index (χ0n) is 16.0. The van der Waals surface area contributed by atoms with Crippen LogP contribution in [0.3, 0.4) is 0 Å². The van der Waals surface area contributed by atoms with E-state index in [1.54, 1.807) is 0 Å². The highest BCUT2D eigenvalue weighted by Gasteiger charge is 2.37. The lowest BCUT2D eigenvalue weighted by molar-refractivity contribution is -0.141. The molecular weight excluding hydrogens is 379 g/mol. The molecule has 1 aliphatic heterocycles. The zero-order valence-corrected chi connectivity index (χ0v) is 16.0. The second-order valence-electron chi connectivity index (χ2n) is 8.07. The fourth-order valence-electron chi connectivity index (χ4n) is 4.59. The lowest BCUT2D eigenvalue weighted by atomic mass is 9.82.